The van der Waals surface area contributed by atoms with Crippen LogP contribution in [0.3, 0.4) is 0 Å². The fraction of sp³-hybridized carbons (Fsp3) is 0.143. The molecule has 0 bridgehead atoms. The molecule has 0 aliphatic heterocycles. The number of imidazole rings is 1. The normalized spacial score (nSPS) is 11.2. The van der Waals surface area contributed by atoms with E-state index in [1.165, 1.54) is 18.2 Å². The SMILES string of the molecule is Cc1cc(-c2c(C)nc3c(OCc4c(F)cccc4F)cccn23)cnc1Cl. The van der Waals surface area contributed by atoms with Gasteiger partial charge in [0.2, 0.25) is 0 Å². The lowest BCUT2D eigenvalue weighted by molar-refractivity contribution is 0.294. The van der Waals surface area contributed by atoms with Crippen LogP contribution in [0.2, 0.25) is 5.15 Å². The molecule has 28 heavy (non-hydrogen) atoms. The molecule has 0 radical (unpaired) electrons. The van der Waals surface area contributed by atoms with Gasteiger partial charge in [-0.15, -0.1) is 0 Å². The second kappa shape index (κ2) is 7.20. The smallest absolute Gasteiger partial charge is 0.180 e. The van der Waals surface area contributed by atoms with Crippen LogP contribution >= 0.6 is 11.6 Å². The predicted octanol–water partition coefficient (Wildman–Crippen LogP) is 5.52. The molecule has 0 spiro atoms. The number of hydrogen-bond donors (Lipinski definition) is 0. The van der Waals surface area contributed by atoms with Crippen molar-refractivity contribution in [2.75, 3.05) is 0 Å². The number of pyridine rings is 2. The van der Waals surface area contributed by atoms with Crippen molar-refractivity contribution in [3.8, 4) is 17.0 Å². The van der Waals surface area contributed by atoms with Crippen LogP contribution in [0.25, 0.3) is 16.9 Å². The van der Waals surface area contributed by atoms with Crippen molar-refractivity contribution in [2.45, 2.75) is 20.5 Å². The Morgan fingerprint density at radius 1 is 1.11 bits per heavy atom. The molecular weight excluding hydrogens is 384 g/mol. The van der Waals surface area contributed by atoms with E-state index < -0.39 is 11.6 Å². The number of benzene rings is 1. The van der Waals surface area contributed by atoms with Crippen LogP contribution in [-0.4, -0.2) is 14.4 Å². The number of ether oxygens (including phenoxy) is 1. The Morgan fingerprint density at radius 3 is 2.57 bits per heavy atom. The molecule has 4 nitrogen and oxygen atoms in total. The highest BCUT2D eigenvalue weighted by Gasteiger charge is 2.16. The average molecular weight is 400 g/mol. The van der Waals surface area contributed by atoms with Gasteiger partial charge in [-0.25, -0.2) is 18.7 Å². The van der Waals surface area contributed by atoms with E-state index >= 15 is 0 Å². The number of aryl methyl sites for hydroxylation is 2. The van der Waals surface area contributed by atoms with E-state index in [0.717, 1.165) is 22.5 Å². The molecule has 142 valence electrons. The highest BCUT2D eigenvalue weighted by atomic mass is 35.5. The minimum absolute atomic E-state index is 0.120. The summed E-state index contributed by atoms with van der Waals surface area (Å²) in [5.74, 6) is -0.858. The van der Waals surface area contributed by atoms with E-state index in [1.54, 1.807) is 18.3 Å². The summed E-state index contributed by atoms with van der Waals surface area (Å²) in [6.45, 7) is 3.53. The molecule has 0 unspecified atom stereocenters. The van der Waals surface area contributed by atoms with E-state index in [-0.39, 0.29) is 12.2 Å². The molecule has 0 N–H and O–H groups in total. The lowest BCUT2D eigenvalue weighted by atomic mass is 10.1. The van der Waals surface area contributed by atoms with Crippen LogP contribution in [0.5, 0.6) is 5.75 Å². The number of fused-ring (bicyclic) bond motifs is 1. The quantitative estimate of drug-likeness (QED) is 0.424. The van der Waals surface area contributed by atoms with Gasteiger partial charge in [0, 0.05) is 18.0 Å². The van der Waals surface area contributed by atoms with Gasteiger partial charge in [-0.2, -0.15) is 0 Å². The van der Waals surface area contributed by atoms with Crippen LogP contribution in [0.4, 0.5) is 8.78 Å². The molecule has 0 amide bonds. The van der Waals surface area contributed by atoms with Crippen molar-refractivity contribution in [1.82, 2.24) is 14.4 Å². The Hall–Kier alpha value is -2.99. The van der Waals surface area contributed by atoms with E-state index in [2.05, 4.69) is 9.97 Å². The van der Waals surface area contributed by atoms with Gasteiger partial charge in [-0.3, -0.25) is 4.40 Å². The van der Waals surface area contributed by atoms with Crippen molar-refractivity contribution in [3.05, 3.63) is 82.4 Å². The van der Waals surface area contributed by atoms with Gasteiger partial charge in [-0.1, -0.05) is 17.7 Å². The number of hydrogen-bond acceptors (Lipinski definition) is 3. The first-order valence-corrected chi connectivity index (χ1v) is 8.99. The first kappa shape index (κ1) is 18.4. The molecule has 0 aliphatic carbocycles. The molecule has 7 heteroatoms. The topological polar surface area (TPSA) is 39.4 Å². The zero-order valence-electron chi connectivity index (χ0n) is 15.2. The average Bonchev–Trinajstić information content (AvgIpc) is 3.00. The molecule has 0 saturated carbocycles. The molecule has 0 saturated heterocycles. The van der Waals surface area contributed by atoms with E-state index in [4.69, 9.17) is 16.3 Å². The fourth-order valence-electron chi connectivity index (χ4n) is 3.12. The first-order valence-electron chi connectivity index (χ1n) is 8.61. The Morgan fingerprint density at radius 2 is 1.86 bits per heavy atom. The van der Waals surface area contributed by atoms with Crippen molar-refractivity contribution < 1.29 is 13.5 Å². The molecule has 0 fully saturated rings. The van der Waals surface area contributed by atoms with Crippen LogP contribution in [0, 0.1) is 25.5 Å². The Bertz CT molecular complexity index is 1170. The standard InChI is InChI=1S/C21H16ClF2N3O/c1-12-9-14(10-25-20(12)22)19-13(2)26-21-18(7-4-8-27(19)21)28-11-15-16(23)5-3-6-17(15)24/h3-10H,11H2,1-2H3. The van der Waals surface area contributed by atoms with Gasteiger partial charge in [0.1, 0.15) is 23.4 Å². The highest BCUT2D eigenvalue weighted by Crippen LogP contribution is 2.30. The lowest BCUT2D eigenvalue weighted by Gasteiger charge is -2.10. The minimum Gasteiger partial charge on any atom is -0.485 e. The van der Waals surface area contributed by atoms with Gasteiger partial charge >= 0.3 is 0 Å². The molecular formula is C21H16ClF2N3O. The first-order chi connectivity index (χ1) is 13.5. The number of aromatic nitrogens is 3. The molecule has 3 heterocycles. The van der Waals surface area contributed by atoms with E-state index in [9.17, 15) is 8.78 Å². The summed E-state index contributed by atoms with van der Waals surface area (Å²) < 4.78 is 35.3. The summed E-state index contributed by atoms with van der Waals surface area (Å²) in [5, 5.41) is 0.450. The fourth-order valence-corrected chi connectivity index (χ4v) is 3.23. The van der Waals surface area contributed by atoms with Crippen molar-refractivity contribution in [2.24, 2.45) is 0 Å². The summed E-state index contributed by atoms with van der Waals surface area (Å²) in [6.07, 6.45) is 3.54. The Labute approximate surface area is 165 Å². The summed E-state index contributed by atoms with van der Waals surface area (Å²) in [4.78, 5) is 8.80. The van der Waals surface area contributed by atoms with Crippen molar-refractivity contribution in [3.63, 3.8) is 0 Å². The molecule has 0 atom stereocenters. The lowest BCUT2D eigenvalue weighted by Crippen LogP contribution is -2.03. The number of halogens is 3. The van der Waals surface area contributed by atoms with E-state index in [1.807, 2.05) is 30.5 Å². The predicted molar refractivity (Wildman–Crippen MR) is 104 cm³/mol. The molecule has 4 aromatic rings. The molecule has 3 aromatic heterocycles. The van der Waals surface area contributed by atoms with Gasteiger partial charge in [0.05, 0.1) is 17.0 Å². The van der Waals surface area contributed by atoms with Crippen molar-refractivity contribution >= 4 is 17.2 Å². The van der Waals surface area contributed by atoms with Crippen LogP contribution < -0.4 is 4.74 Å². The second-order valence-electron chi connectivity index (χ2n) is 6.43. The maximum absolute atomic E-state index is 13.9. The summed E-state index contributed by atoms with van der Waals surface area (Å²) in [6, 6.07) is 9.18. The summed E-state index contributed by atoms with van der Waals surface area (Å²) >= 11 is 6.04. The third-order valence-electron chi connectivity index (χ3n) is 4.51. The summed E-state index contributed by atoms with van der Waals surface area (Å²) in [7, 11) is 0. The third kappa shape index (κ3) is 3.20. The van der Waals surface area contributed by atoms with Gasteiger partial charge < -0.3 is 4.74 Å². The van der Waals surface area contributed by atoms with Crippen LogP contribution in [-0.2, 0) is 6.61 Å². The molecule has 4 rings (SSSR count). The minimum atomic E-state index is -0.644. The largest absolute Gasteiger partial charge is 0.485 e. The zero-order valence-corrected chi connectivity index (χ0v) is 16.0. The Balaban J connectivity index is 1.75. The Kier molecular flexibility index (Phi) is 4.73. The van der Waals surface area contributed by atoms with Gasteiger partial charge in [0.15, 0.2) is 11.4 Å². The maximum Gasteiger partial charge on any atom is 0.180 e. The van der Waals surface area contributed by atoms with Crippen LogP contribution in [0.1, 0.15) is 16.8 Å². The monoisotopic (exact) mass is 399 g/mol. The number of nitrogens with zero attached hydrogens (tertiary/aromatic N) is 3. The van der Waals surface area contributed by atoms with Gasteiger partial charge in [0.25, 0.3) is 0 Å². The third-order valence-corrected chi connectivity index (χ3v) is 4.91. The van der Waals surface area contributed by atoms with Crippen LogP contribution in [0.15, 0.2) is 48.8 Å². The maximum atomic E-state index is 13.9. The second-order valence-corrected chi connectivity index (χ2v) is 6.79. The molecule has 1 aromatic carbocycles. The molecule has 0 aliphatic rings. The van der Waals surface area contributed by atoms with Crippen molar-refractivity contribution in [1.29, 1.82) is 0 Å². The highest BCUT2D eigenvalue weighted by molar-refractivity contribution is 6.30. The van der Waals surface area contributed by atoms with E-state index in [0.29, 0.717) is 16.5 Å². The summed E-state index contributed by atoms with van der Waals surface area (Å²) in [5.41, 5.74) is 3.78. The zero-order chi connectivity index (χ0) is 19.8. The van der Waals surface area contributed by atoms with Gasteiger partial charge in [-0.05, 0) is 49.7 Å². The number of rotatable bonds is 4.